The van der Waals surface area contributed by atoms with Crippen molar-refractivity contribution in [3.63, 3.8) is 0 Å². The van der Waals surface area contributed by atoms with Gasteiger partial charge in [-0.3, -0.25) is 9.78 Å². The number of benzene rings is 1. The molecule has 6 rings (SSSR count). The molecule has 0 aliphatic carbocycles. The van der Waals surface area contributed by atoms with E-state index in [2.05, 4.69) is 95.6 Å². The molecule has 2 aliphatic rings. The van der Waals surface area contributed by atoms with Crippen molar-refractivity contribution in [2.24, 2.45) is 0 Å². The van der Waals surface area contributed by atoms with Crippen LogP contribution in [0.4, 0.5) is 11.5 Å². The molecule has 0 unspecified atom stereocenters. The summed E-state index contributed by atoms with van der Waals surface area (Å²) in [6, 6.07) is 11.2. The van der Waals surface area contributed by atoms with Gasteiger partial charge in [-0.15, -0.1) is 0 Å². The third-order valence-electron chi connectivity index (χ3n) is 7.39. The third-order valence-corrected chi connectivity index (χ3v) is 7.39. The molecule has 0 amide bonds. The molecule has 9 heteroatoms. The summed E-state index contributed by atoms with van der Waals surface area (Å²) in [7, 11) is 2.18. The fourth-order valence-corrected chi connectivity index (χ4v) is 5.07. The average Bonchev–Trinajstić information content (AvgIpc) is 3.57. The van der Waals surface area contributed by atoms with Gasteiger partial charge in [0.25, 0.3) is 0 Å². The zero-order valence-electron chi connectivity index (χ0n) is 20.7. The molecule has 3 aromatic heterocycles. The highest BCUT2D eigenvalue weighted by Crippen LogP contribution is 2.29. The monoisotopic (exact) mass is 483 g/mol. The second-order valence-electron chi connectivity index (χ2n) is 9.82. The normalized spacial score (nSPS) is 17.5. The summed E-state index contributed by atoms with van der Waals surface area (Å²) in [4.78, 5) is 9.40. The highest BCUT2D eigenvalue weighted by molar-refractivity contribution is 5.93. The highest BCUT2D eigenvalue weighted by Gasteiger charge is 2.18. The molecule has 2 aliphatic heterocycles. The minimum atomic E-state index is 0.453. The van der Waals surface area contributed by atoms with Crippen molar-refractivity contribution >= 4 is 28.2 Å². The van der Waals surface area contributed by atoms with Crippen LogP contribution in [0.25, 0.3) is 27.9 Å². The van der Waals surface area contributed by atoms with Gasteiger partial charge in [-0.05, 0) is 56.7 Å². The molecule has 1 aromatic carbocycles. The average molecular weight is 484 g/mol. The molecular formula is C27H33N9. The van der Waals surface area contributed by atoms with Gasteiger partial charge in [-0.1, -0.05) is 18.7 Å². The first-order valence-electron chi connectivity index (χ1n) is 12.7. The molecule has 36 heavy (non-hydrogen) atoms. The number of pyridine rings is 1. The Balaban J connectivity index is 1.18. The van der Waals surface area contributed by atoms with E-state index in [0.717, 1.165) is 91.3 Å². The summed E-state index contributed by atoms with van der Waals surface area (Å²) in [6.45, 7) is 10.7. The number of likely N-dealkylation sites (N-methyl/N-ethyl adjacent to an activating group) is 1. The summed E-state index contributed by atoms with van der Waals surface area (Å²) in [6.07, 6.45) is 8.14. The summed E-state index contributed by atoms with van der Waals surface area (Å²) >= 11 is 0. The van der Waals surface area contributed by atoms with Crippen LogP contribution in [0.5, 0.6) is 0 Å². The minimum Gasteiger partial charge on any atom is -0.369 e. The zero-order valence-corrected chi connectivity index (χ0v) is 20.7. The smallest absolute Gasteiger partial charge is 0.161 e. The van der Waals surface area contributed by atoms with Gasteiger partial charge in [0.15, 0.2) is 11.5 Å². The van der Waals surface area contributed by atoms with Crippen LogP contribution in [-0.2, 0) is 0 Å². The number of rotatable bonds is 6. The van der Waals surface area contributed by atoms with E-state index >= 15 is 0 Å². The van der Waals surface area contributed by atoms with Crippen LogP contribution in [0.3, 0.4) is 0 Å². The fraction of sp³-hybridized carbons (Fsp3) is 0.370. The Morgan fingerprint density at radius 2 is 1.81 bits per heavy atom. The van der Waals surface area contributed by atoms with Gasteiger partial charge in [0.05, 0.1) is 17.6 Å². The Morgan fingerprint density at radius 3 is 2.58 bits per heavy atom. The maximum Gasteiger partial charge on any atom is 0.161 e. The molecule has 186 valence electrons. The van der Waals surface area contributed by atoms with Gasteiger partial charge in [0, 0.05) is 61.1 Å². The van der Waals surface area contributed by atoms with Gasteiger partial charge in [-0.25, -0.2) is 4.98 Å². The summed E-state index contributed by atoms with van der Waals surface area (Å²) in [5, 5.41) is 19.9. The van der Waals surface area contributed by atoms with Crippen molar-refractivity contribution < 1.29 is 0 Å². The van der Waals surface area contributed by atoms with Crippen LogP contribution < -0.4 is 15.5 Å². The van der Waals surface area contributed by atoms with E-state index < -0.39 is 0 Å². The Hall–Kier alpha value is -3.69. The summed E-state index contributed by atoms with van der Waals surface area (Å²) < 4.78 is 2.10. The van der Waals surface area contributed by atoms with Gasteiger partial charge in [-0.2, -0.15) is 10.2 Å². The largest absolute Gasteiger partial charge is 0.369 e. The van der Waals surface area contributed by atoms with Crippen molar-refractivity contribution in [3.8, 4) is 11.1 Å². The number of nitrogens with zero attached hydrogens (tertiary/aromatic N) is 6. The second kappa shape index (κ2) is 9.75. The Kier molecular flexibility index (Phi) is 6.16. The van der Waals surface area contributed by atoms with Gasteiger partial charge in [0.2, 0.25) is 0 Å². The number of aromatic nitrogens is 5. The molecule has 0 spiro atoms. The molecule has 2 fully saturated rings. The maximum atomic E-state index is 4.64. The number of H-pyrrole nitrogens is 1. The number of hydrogen-bond donors (Lipinski definition) is 3. The van der Waals surface area contributed by atoms with Gasteiger partial charge < -0.3 is 20.4 Å². The number of nitrogens with one attached hydrogen (secondary N) is 3. The number of hydrogen-bond acceptors (Lipinski definition) is 7. The quantitative estimate of drug-likeness (QED) is 0.386. The Labute approximate surface area is 211 Å². The lowest BCUT2D eigenvalue weighted by Gasteiger charge is -2.34. The summed E-state index contributed by atoms with van der Waals surface area (Å²) in [5.74, 6) is 0.721. The highest BCUT2D eigenvalue weighted by atomic mass is 15.3. The lowest BCUT2D eigenvalue weighted by molar-refractivity contribution is 0.313. The first-order valence-corrected chi connectivity index (χ1v) is 12.7. The van der Waals surface area contributed by atoms with Crippen LogP contribution >= 0.6 is 0 Å². The first kappa shape index (κ1) is 22.8. The second-order valence-corrected chi connectivity index (χ2v) is 9.82. The number of aromatic amines is 1. The maximum absolute atomic E-state index is 4.64. The molecule has 2 saturated heterocycles. The van der Waals surface area contributed by atoms with Crippen molar-refractivity contribution in [2.75, 3.05) is 56.5 Å². The van der Waals surface area contributed by atoms with Crippen LogP contribution in [-0.4, -0.2) is 76.2 Å². The molecule has 9 nitrogen and oxygen atoms in total. The van der Waals surface area contributed by atoms with Crippen LogP contribution in [0.2, 0.25) is 0 Å². The number of fused-ring (bicyclic) bond motifs is 1. The van der Waals surface area contributed by atoms with E-state index in [9.17, 15) is 0 Å². The zero-order chi connectivity index (χ0) is 24.5. The van der Waals surface area contributed by atoms with E-state index in [-0.39, 0.29) is 0 Å². The van der Waals surface area contributed by atoms with E-state index in [1.54, 1.807) is 0 Å². The molecule has 4 aromatic rings. The van der Waals surface area contributed by atoms with Crippen LogP contribution in [0, 0.1) is 0 Å². The topological polar surface area (TPSA) is 89.9 Å². The van der Waals surface area contributed by atoms with Crippen molar-refractivity contribution in [3.05, 3.63) is 61.1 Å². The van der Waals surface area contributed by atoms with Gasteiger partial charge in [0.1, 0.15) is 0 Å². The lowest BCUT2D eigenvalue weighted by atomic mass is 10.1. The van der Waals surface area contributed by atoms with E-state index in [0.29, 0.717) is 6.04 Å². The van der Waals surface area contributed by atoms with Crippen molar-refractivity contribution in [2.45, 2.75) is 18.9 Å². The summed E-state index contributed by atoms with van der Waals surface area (Å²) in [5.41, 5.74) is 5.92. The molecule has 3 N–H and O–H groups in total. The predicted molar refractivity (Wildman–Crippen MR) is 145 cm³/mol. The van der Waals surface area contributed by atoms with Crippen molar-refractivity contribution in [1.29, 1.82) is 0 Å². The Morgan fingerprint density at radius 1 is 1.03 bits per heavy atom. The molecule has 0 saturated carbocycles. The van der Waals surface area contributed by atoms with E-state index in [1.165, 1.54) is 5.69 Å². The van der Waals surface area contributed by atoms with E-state index in [1.807, 2.05) is 12.4 Å². The molecule has 5 heterocycles. The van der Waals surface area contributed by atoms with E-state index in [4.69, 9.17) is 0 Å². The van der Waals surface area contributed by atoms with Gasteiger partial charge >= 0.3 is 0 Å². The van der Waals surface area contributed by atoms with Crippen LogP contribution in [0.15, 0.2) is 55.5 Å². The van der Waals surface area contributed by atoms with Crippen molar-refractivity contribution in [1.82, 2.24) is 35.2 Å². The molecular weight excluding hydrogens is 450 g/mol. The number of piperazine rings is 1. The lowest BCUT2D eigenvalue weighted by Crippen LogP contribution is -2.44. The third kappa shape index (κ3) is 4.59. The molecule has 0 radical (unpaired) electrons. The minimum absolute atomic E-state index is 0.453. The SMILES string of the molecule is C=C(Nc1n[nH]c2ncc(-c3cnn(C4CCNCC4)c3)cc12)c1ccc(N2CCN(C)CC2)cc1. The molecule has 0 atom stereocenters. The first-order chi connectivity index (χ1) is 17.6. The number of piperidine rings is 1. The fourth-order valence-electron chi connectivity index (χ4n) is 5.07. The number of anilines is 2. The Bertz CT molecular complexity index is 1340. The van der Waals surface area contributed by atoms with Crippen LogP contribution in [0.1, 0.15) is 24.4 Å². The molecule has 0 bridgehead atoms. The predicted octanol–water partition coefficient (Wildman–Crippen LogP) is 3.58. The standard InChI is InChI=1S/C27H33N9/c1-19(20-3-5-23(6-4-20)35-13-11-34(2)12-14-35)31-27-25-15-21(16-29-26(25)32-33-27)22-17-30-36(18-22)24-7-9-28-10-8-24/h3-6,15-18,24,28H,1,7-14H2,2H3,(H2,29,31,32,33).